The Kier molecular flexibility index (Phi) is 3.43. The van der Waals surface area contributed by atoms with Crippen LogP contribution in [0.5, 0.6) is 0 Å². The summed E-state index contributed by atoms with van der Waals surface area (Å²) in [6, 6.07) is 0. The van der Waals surface area contributed by atoms with Gasteiger partial charge in [0.05, 0.1) is 5.60 Å². The minimum Gasteiger partial charge on any atom is -0.462 e. The van der Waals surface area contributed by atoms with Gasteiger partial charge in [0.1, 0.15) is 6.10 Å². The van der Waals surface area contributed by atoms with E-state index < -0.39 is 5.60 Å². The van der Waals surface area contributed by atoms with Gasteiger partial charge in [-0.1, -0.05) is 13.8 Å². The first-order chi connectivity index (χ1) is 11.3. The summed E-state index contributed by atoms with van der Waals surface area (Å²) in [5.74, 6) is 4.55. The van der Waals surface area contributed by atoms with Crippen molar-refractivity contribution in [2.24, 2.45) is 34.5 Å². The topological polar surface area (TPSA) is 46.5 Å². The van der Waals surface area contributed by atoms with Gasteiger partial charge >= 0.3 is 5.97 Å². The van der Waals surface area contributed by atoms with E-state index in [1.165, 1.54) is 6.92 Å². The molecule has 4 aliphatic rings. The number of rotatable bonds is 1. The van der Waals surface area contributed by atoms with Crippen molar-refractivity contribution >= 4 is 5.97 Å². The Balaban J connectivity index is 1.60. The Morgan fingerprint density at radius 1 is 1.17 bits per heavy atom. The molecule has 0 unspecified atom stereocenters. The van der Waals surface area contributed by atoms with Crippen molar-refractivity contribution in [2.75, 3.05) is 0 Å². The summed E-state index contributed by atoms with van der Waals surface area (Å²) in [6.07, 6.45) is 13.0. The predicted molar refractivity (Wildman–Crippen MR) is 91.8 cm³/mol. The van der Waals surface area contributed by atoms with Gasteiger partial charge in [-0.05, 0) is 62.7 Å². The van der Waals surface area contributed by atoms with Crippen molar-refractivity contribution in [1.82, 2.24) is 0 Å². The Morgan fingerprint density at radius 2 is 1.92 bits per heavy atom. The van der Waals surface area contributed by atoms with Gasteiger partial charge in [0.15, 0.2) is 0 Å². The monoisotopic (exact) mass is 330 g/mol. The van der Waals surface area contributed by atoms with E-state index in [2.05, 4.69) is 19.8 Å². The Bertz CT molecular complexity index is 607. The molecule has 0 amide bonds. The maximum absolute atomic E-state index is 11.5. The predicted octanol–water partition coefficient (Wildman–Crippen LogP) is 3.54. The quantitative estimate of drug-likeness (QED) is 0.591. The summed E-state index contributed by atoms with van der Waals surface area (Å²) < 4.78 is 5.69. The fourth-order valence-electron chi connectivity index (χ4n) is 7.38. The highest BCUT2D eigenvalue weighted by Crippen LogP contribution is 2.71. The molecule has 0 aromatic carbocycles. The Labute approximate surface area is 145 Å². The normalized spacial score (nSPS) is 55.4. The van der Waals surface area contributed by atoms with E-state index in [1.807, 2.05) is 0 Å². The van der Waals surface area contributed by atoms with Gasteiger partial charge in [0.25, 0.3) is 0 Å². The van der Waals surface area contributed by atoms with Gasteiger partial charge in [0.2, 0.25) is 0 Å². The molecule has 4 saturated carbocycles. The lowest BCUT2D eigenvalue weighted by molar-refractivity contribution is -0.268. The molecule has 3 nitrogen and oxygen atoms in total. The zero-order valence-electron chi connectivity index (χ0n) is 15.2. The van der Waals surface area contributed by atoms with Crippen LogP contribution in [0.3, 0.4) is 0 Å². The molecule has 0 radical (unpaired) electrons. The summed E-state index contributed by atoms with van der Waals surface area (Å²) in [5, 5.41) is 11.3. The molecule has 1 N–H and O–H groups in total. The Hall–Kier alpha value is -1.01. The molecule has 0 aliphatic heterocycles. The molecule has 24 heavy (non-hydrogen) atoms. The zero-order valence-corrected chi connectivity index (χ0v) is 15.2. The van der Waals surface area contributed by atoms with Crippen LogP contribution in [0, 0.1) is 46.8 Å². The molecule has 4 rings (SSSR count). The highest BCUT2D eigenvalue weighted by Gasteiger charge is 2.70. The highest BCUT2D eigenvalue weighted by atomic mass is 16.5. The van der Waals surface area contributed by atoms with Crippen molar-refractivity contribution in [3.63, 3.8) is 0 Å². The van der Waals surface area contributed by atoms with Crippen molar-refractivity contribution in [3.8, 4) is 12.3 Å². The van der Waals surface area contributed by atoms with E-state index in [-0.39, 0.29) is 28.8 Å². The number of carbonyl (C=O) groups excluding carboxylic acids is 1. The number of hydrogen-bond acceptors (Lipinski definition) is 3. The number of fused-ring (bicyclic) bond motifs is 5. The maximum Gasteiger partial charge on any atom is 0.302 e. The largest absolute Gasteiger partial charge is 0.462 e. The van der Waals surface area contributed by atoms with Crippen LogP contribution >= 0.6 is 0 Å². The smallest absolute Gasteiger partial charge is 0.302 e. The molecule has 0 aromatic rings. The van der Waals surface area contributed by atoms with Gasteiger partial charge in [-0.3, -0.25) is 4.79 Å². The Morgan fingerprint density at radius 3 is 2.58 bits per heavy atom. The van der Waals surface area contributed by atoms with E-state index in [4.69, 9.17) is 11.2 Å². The van der Waals surface area contributed by atoms with E-state index in [1.54, 1.807) is 0 Å². The van der Waals surface area contributed by atoms with Crippen molar-refractivity contribution in [3.05, 3.63) is 0 Å². The van der Waals surface area contributed by atoms with Crippen LogP contribution in [-0.4, -0.2) is 22.8 Å². The molecular formula is C21H30O3. The second kappa shape index (κ2) is 5.01. The SMILES string of the molecule is C#C[C@H]1C[C@]2(C)[C@H]3CC[C@]4(C)[C@@H](OC(C)=O)CC[C@H]4[C@@H]3CC[C@]12O. The molecule has 4 aliphatic carbocycles. The van der Waals surface area contributed by atoms with Crippen LogP contribution in [0.25, 0.3) is 0 Å². The number of hydrogen-bond donors (Lipinski definition) is 1. The number of carbonyl (C=O) groups is 1. The first-order valence-corrected chi connectivity index (χ1v) is 9.62. The number of aliphatic hydroxyl groups is 1. The van der Waals surface area contributed by atoms with Gasteiger partial charge in [0, 0.05) is 23.7 Å². The van der Waals surface area contributed by atoms with E-state index in [9.17, 15) is 9.90 Å². The molecule has 4 fully saturated rings. The maximum atomic E-state index is 11.5. The average molecular weight is 330 g/mol. The second-order valence-electron chi connectivity index (χ2n) is 9.40. The third-order valence-corrected chi connectivity index (χ3v) is 8.73. The second-order valence-corrected chi connectivity index (χ2v) is 9.40. The van der Waals surface area contributed by atoms with Crippen molar-refractivity contribution < 1.29 is 14.6 Å². The fourth-order valence-corrected chi connectivity index (χ4v) is 7.38. The van der Waals surface area contributed by atoms with Gasteiger partial charge in [-0.2, -0.15) is 0 Å². The van der Waals surface area contributed by atoms with Crippen LogP contribution in [0.2, 0.25) is 0 Å². The van der Waals surface area contributed by atoms with E-state index >= 15 is 0 Å². The minimum absolute atomic E-state index is 0.0200. The lowest BCUT2D eigenvalue weighted by Crippen LogP contribution is -2.70. The number of ether oxygens (including phenoxy) is 1. The van der Waals surface area contributed by atoms with Gasteiger partial charge < -0.3 is 9.84 Å². The summed E-state index contributed by atoms with van der Waals surface area (Å²) in [5.41, 5.74) is -0.549. The first kappa shape index (κ1) is 16.5. The van der Waals surface area contributed by atoms with Crippen LogP contribution in [0.4, 0.5) is 0 Å². The molecule has 0 spiro atoms. The summed E-state index contributed by atoms with van der Waals surface area (Å²) >= 11 is 0. The average Bonchev–Trinajstić information content (AvgIpc) is 2.84. The van der Waals surface area contributed by atoms with Crippen LogP contribution in [0.15, 0.2) is 0 Å². The molecule has 132 valence electrons. The molecule has 8 atom stereocenters. The first-order valence-electron chi connectivity index (χ1n) is 9.62. The van der Waals surface area contributed by atoms with E-state index in [0.29, 0.717) is 17.8 Å². The lowest BCUT2D eigenvalue weighted by atomic mass is 9.37. The molecule has 0 bridgehead atoms. The van der Waals surface area contributed by atoms with Gasteiger partial charge in [-0.25, -0.2) is 0 Å². The van der Waals surface area contributed by atoms with E-state index in [0.717, 1.165) is 44.9 Å². The summed E-state index contributed by atoms with van der Waals surface area (Å²) in [7, 11) is 0. The summed E-state index contributed by atoms with van der Waals surface area (Å²) in [4.78, 5) is 11.5. The van der Waals surface area contributed by atoms with Gasteiger partial charge in [-0.15, -0.1) is 12.3 Å². The van der Waals surface area contributed by atoms with Crippen LogP contribution < -0.4 is 0 Å². The molecule has 3 heteroatoms. The molecule has 0 heterocycles. The van der Waals surface area contributed by atoms with Crippen molar-refractivity contribution in [1.29, 1.82) is 0 Å². The number of esters is 1. The molecule has 0 saturated heterocycles. The van der Waals surface area contributed by atoms with Crippen LogP contribution in [-0.2, 0) is 9.53 Å². The van der Waals surface area contributed by atoms with Crippen molar-refractivity contribution in [2.45, 2.75) is 77.4 Å². The standard InChI is InChI=1S/C21H30O3/c1-5-14-12-20(4)17-9-10-19(3)16(6-7-18(19)24-13(2)22)15(17)8-11-21(14,20)23/h1,14-18,23H,6-12H2,2-4H3/t14-,15-,16-,17-,18-,19-,20+,21-/m0/s1. The number of terminal acetylenes is 1. The molecular weight excluding hydrogens is 300 g/mol. The third kappa shape index (κ3) is 1.81. The fraction of sp³-hybridized carbons (Fsp3) is 0.857. The molecule has 0 aromatic heterocycles. The lowest BCUT2D eigenvalue weighted by Gasteiger charge is -2.69. The minimum atomic E-state index is -0.648. The zero-order chi connectivity index (χ0) is 17.3. The highest BCUT2D eigenvalue weighted by molar-refractivity contribution is 5.66. The van der Waals surface area contributed by atoms with Crippen LogP contribution in [0.1, 0.15) is 65.7 Å². The summed E-state index contributed by atoms with van der Waals surface area (Å²) in [6.45, 7) is 6.14. The third-order valence-electron chi connectivity index (χ3n) is 8.73.